The zero-order valence-electron chi connectivity index (χ0n) is 13.6. The van der Waals surface area contributed by atoms with Gasteiger partial charge in [0, 0.05) is 5.39 Å². The molecule has 0 aliphatic heterocycles. The van der Waals surface area contributed by atoms with Crippen LogP contribution < -0.4 is 0 Å². The van der Waals surface area contributed by atoms with Crippen LogP contribution in [0, 0.1) is 11.8 Å². The normalized spacial score (nSPS) is 10.6. The highest BCUT2D eigenvalue weighted by Gasteiger charge is 2.12. The van der Waals surface area contributed by atoms with E-state index < -0.39 is 5.97 Å². The number of para-hydroxylation sites is 2. The van der Waals surface area contributed by atoms with Gasteiger partial charge in [-0.2, -0.15) is 0 Å². The molecule has 4 aromatic rings. The average molecular weight is 379 g/mol. The van der Waals surface area contributed by atoms with Gasteiger partial charge in [0.25, 0.3) is 0 Å². The second-order valence-corrected chi connectivity index (χ2v) is 7.57. The molecular weight excluding hydrogens is 366 g/mol. The van der Waals surface area contributed by atoms with E-state index in [-0.39, 0.29) is 12.4 Å². The fourth-order valence-corrected chi connectivity index (χ4v) is 4.21. The number of aromatic nitrogens is 1. The van der Waals surface area contributed by atoms with Crippen LogP contribution in [0.3, 0.4) is 0 Å². The zero-order valence-corrected chi connectivity index (χ0v) is 15.2. The third-order valence-electron chi connectivity index (χ3n) is 3.57. The van der Waals surface area contributed by atoms with E-state index in [0.717, 1.165) is 15.2 Å². The molecule has 0 unspecified atom stereocenters. The minimum absolute atomic E-state index is 0.0380. The van der Waals surface area contributed by atoms with Crippen LogP contribution in [0.2, 0.25) is 0 Å². The molecule has 2 aromatic heterocycles. The topological polar surface area (TPSA) is 52.3 Å². The average Bonchev–Trinajstić information content (AvgIpc) is 3.27. The van der Waals surface area contributed by atoms with Gasteiger partial charge in [-0.1, -0.05) is 53.9 Å². The van der Waals surface area contributed by atoms with Gasteiger partial charge in [0.2, 0.25) is 5.76 Å². The van der Waals surface area contributed by atoms with Gasteiger partial charge >= 0.3 is 5.97 Å². The number of nitrogens with zero attached hydrogens (tertiary/aromatic N) is 1. The summed E-state index contributed by atoms with van der Waals surface area (Å²) in [5.41, 5.74) is 1.67. The van der Waals surface area contributed by atoms with Crippen molar-refractivity contribution in [2.45, 2.75) is 4.34 Å². The molecule has 0 spiro atoms. The van der Waals surface area contributed by atoms with Gasteiger partial charge in [-0.15, -0.1) is 11.3 Å². The summed E-state index contributed by atoms with van der Waals surface area (Å²) in [5.74, 6) is 6.11. The quantitative estimate of drug-likeness (QED) is 0.284. The molecule has 4 nitrogen and oxygen atoms in total. The molecule has 2 heterocycles. The van der Waals surface area contributed by atoms with Crippen molar-refractivity contribution in [2.24, 2.45) is 0 Å². The number of furan rings is 1. The summed E-state index contributed by atoms with van der Waals surface area (Å²) in [6.45, 7) is 0.0380. The predicted octanol–water partition coefficient (Wildman–Crippen LogP) is 5.00. The van der Waals surface area contributed by atoms with Crippen molar-refractivity contribution in [3.05, 3.63) is 60.4 Å². The number of thiazole rings is 1. The number of fused-ring (bicyclic) bond motifs is 2. The van der Waals surface area contributed by atoms with Crippen molar-refractivity contribution in [1.82, 2.24) is 4.98 Å². The minimum atomic E-state index is -0.505. The van der Waals surface area contributed by atoms with Crippen LogP contribution in [0.15, 0.2) is 63.4 Å². The second-order valence-electron chi connectivity index (χ2n) is 5.31. The minimum Gasteiger partial charge on any atom is -0.449 e. The van der Waals surface area contributed by atoms with E-state index in [9.17, 15) is 4.79 Å². The van der Waals surface area contributed by atoms with E-state index >= 15 is 0 Å². The van der Waals surface area contributed by atoms with Crippen LogP contribution >= 0.6 is 23.1 Å². The lowest BCUT2D eigenvalue weighted by Crippen LogP contribution is -2.03. The van der Waals surface area contributed by atoms with Crippen molar-refractivity contribution < 1.29 is 13.9 Å². The molecule has 128 valence electrons. The van der Waals surface area contributed by atoms with E-state index in [2.05, 4.69) is 22.9 Å². The fraction of sp³-hybridized carbons (Fsp3) is 0.100. The molecule has 26 heavy (non-hydrogen) atoms. The standard InChI is InChI=1S/C20H13NO3S2/c22-19(17-13-14-7-1-3-9-16(14)24-17)23-11-5-6-12-25-20-21-15-8-2-4-10-18(15)26-20/h1-4,7-10,13H,11-12H2. The summed E-state index contributed by atoms with van der Waals surface area (Å²) in [6.07, 6.45) is 0. The van der Waals surface area contributed by atoms with Gasteiger partial charge in [0.15, 0.2) is 10.9 Å². The molecule has 0 radical (unpaired) electrons. The maximum absolute atomic E-state index is 12.0. The second kappa shape index (κ2) is 7.65. The molecule has 0 saturated heterocycles. The summed E-state index contributed by atoms with van der Waals surface area (Å²) in [7, 11) is 0. The molecule has 2 aromatic carbocycles. The Hall–Kier alpha value is -2.75. The largest absolute Gasteiger partial charge is 0.449 e. The first-order valence-electron chi connectivity index (χ1n) is 7.89. The molecule has 4 rings (SSSR count). The molecule has 0 fully saturated rings. The Bertz CT molecular complexity index is 1070. The fourth-order valence-electron chi connectivity index (χ4n) is 2.37. The Morgan fingerprint density at radius 2 is 2.00 bits per heavy atom. The van der Waals surface area contributed by atoms with Crippen LogP contribution in [0.4, 0.5) is 0 Å². The maximum Gasteiger partial charge on any atom is 0.375 e. The van der Waals surface area contributed by atoms with Crippen LogP contribution in [0.1, 0.15) is 10.6 Å². The Kier molecular flexibility index (Phi) is 4.91. The Morgan fingerprint density at radius 3 is 2.88 bits per heavy atom. The number of thioether (sulfide) groups is 1. The Labute approximate surface area is 158 Å². The number of esters is 1. The lowest BCUT2D eigenvalue weighted by Gasteiger charge is -1.95. The summed E-state index contributed by atoms with van der Waals surface area (Å²) < 4.78 is 12.7. The van der Waals surface area contributed by atoms with E-state index in [1.165, 1.54) is 4.70 Å². The SMILES string of the molecule is O=C(OCC#CCSc1nc2ccccc2s1)c1cc2ccccc2o1. The summed E-state index contributed by atoms with van der Waals surface area (Å²) in [5, 5.41) is 0.873. The highest BCUT2D eigenvalue weighted by molar-refractivity contribution is 8.01. The number of rotatable bonds is 4. The van der Waals surface area contributed by atoms with E-state index in [1.807, 2.05) is 42.5 Å². The molecule has 0 amide bonds. The van der Waals surface area contributed by atoms with Crippen molar-refractivity contribution in [1.29, 1.82) is 0 Å². The van der Waals surface area contributed by atoms with Gasteiger partial charge in [0.05, 0.1) is 16.0 Å². The molecule has 0 atom stereocenters. The van der Waals surface area contributed by atoms with Gasteiger partial charge in [-0.05, 0) is 24.3 Å². The molecule has 0 bridgehead atoms. The highest BCUT2D eigenvalue weighted by Crippen LogP contribution is 2.28. The molecule has 0 N–H and O–H groups in total. The van der Waals surface area contributed by atoms with Gasteiger partial charge < -0.3 is 9.15 Å². The predicted molar refractivity (Wildman–Crippen MR) is 105 cm³/mol. The van der Waals surface area contributed by atoms with Crippen molar-refractivity contribution in [3.8, 4) is 11.8 Å². The highest BCUT2D eigenvalue weighted by atomic mass is 32.2. The molecular formula is C20H13NO3S2. The number of ether oxygens (including phenoxy) is 1. The lowest BCUT2D eigenvalue weighted by molar-refractivity contribution is 0.0523. The number of carbonyl (C=O) groups excluding carboxylic acids is 1. The summed E-state index contributed by atoms with van der Waals surface area (Å²) in [6, 6.07) is 17.2. The maximum atomic E-state index is 12.0. The van der Waals surface area contributed by atoms with Crippen molar-refractivity contribution >= 4 is 50.3 Å². The first-order valence-corrected chi connectivity index (χ1v) is 9.69. The summed E-state index contributed by atoms with van der Waals surface area (Å²) >= 11 is 3.23. The smallest absolute Gasteiger partial charge is 0.375 e. The van der Waals surface area contributed by atoms with Crippen molar-refractivity contribution in [2.75, 3.05) is 12.4 Å². The number of carbonyl (C=O) groups is 1. The van der Waals surface area contributed by atoms with Crippen LogP contribution in [0.5, 0.6) is 0 Å². The van der Waals surface area contributed by atoms with Gasteiger partial charge in [-0.25, -0.2) is 9.78 Å². The van der Waals surface area contributed by atoms with Crippen molar-refractivity contribution in [3.63, 3.8) is 0 Å². The van der Waals surface area contributed by atoms with Crippen LogP contribution in [-0.2, 0) is 4.74 Å². The van der Waals surface area contributed by atoms with Crippen LogP contribution in [-0.4, -0.2) is 23.3 Å². The zero-order chi connectivity index (χ0) is 17.8. The Morgan fingerprint density at radius 1 is 1.15 bits per heavy atom. The molecule has 0 aliphatic carbocycles. The van der Waals surface area contributed by atoms with Gasteiger partial charge in [-0.3, -0.25) is 0 Å². The van der Waals surface area contributed by atoms with E-state index in [1.54, 1.807) is 29.2 Å². The third-order valence-corrected chi connectivity index (χ3v) is 5.63. The first-order chi connectivity index (χ1) is 12.8. The van der Waals surface area contributed by atoms with E-state index in [4.69, 9.17) is 9.15 Å². The number of benzene rings is 2. The summed E-state index contributed by atoms with van der Waals surface area (Å²) in [4.78, 5) is 16.5. The van der Waals surface area contributed by atoms with Crippen LogP contribution in [0.25, 0.3) is 21.2 Å². The first kappa shape index (κ1) is 16.7. The molecule has 0 saturated carbocycles. The lowest BCUT2D eigenvalue weighted by atomic mass is 10.2. The third kappa shape index (κ3) is 3.74. The van der Waals surface area contributed by atoms with E-state index in [0.29, 0.717) is 11.3 Å². The molecule has 6 heteroatoms. The molecule has 0 aliphatic rings. The number of hydrogen-bond acceptors (Lipinski definition) is 6. The monoisotopic (exact) mass is 379 g/mol. The van der Waals surface area contributed by atoms with Gasteiger partial charge in [0.1, 0.15) is 5.58 Å². The Balaban J connectivity index is 1.27. The number of hydrogen-bond donors (Lipinski definition) is 0.